The van der Waals surface area contributed by atoms with E-state index in [1.54, 1.807) is 7.11 Å². The fourth-order valence-electron chi connectivity index (χ4n) is 4.28. The van der Waals surface area contributed by atoms with Crippen LogP contribution in [0.3, 0.4) is 0 Å². The third kappa shape index (κ3) is 2.98. The second-order valence-electron chi connectivity index (χ2n) is 7.62. The highest BCUT2D eigenvalue weighted by atomic mass is 16.5. The number of hydrogen-bond donors (Lipinski definition) is 0. The number of likely N-dealkylation sites (tertiary alicyclic amines) is 1. The van der Waals surface area contributed by atoms with Gasteiger partial charge in [-0.05, 0) is 51.1 Å². The maximum Gasteiger partial charge on any atom is 0.227 e. The van der Waals surface area contributed by atoms with Gasteiger partial charge in [0.1, 0.15) is 11.5 Å². The second-order valence-corrected chi connectivity index (χ2v) is 7.62. The van der Waals surface area contributed by atoms with Gasteiger partial charge in [0.25, 0.3) is 0 Å². The number of aryl methyl sites for hydroxylation is 2. The number of methoxy groups -OCH3 is 1. The Morgan fingerprint density at radius 1 is 1.23 bits per heavy atom. The average molecular weight is 355 g/mol. The lowest BCUT2D eigenvalue weighted by molar-refractivity contribution is -0.117. The first-order valence-corrected chi connectivity index (χ1v) is 9.08. The van der Waals surface area contributed by atoms with Crippen LogP contribution < -0.4 is 9.64 Å². The number of rotatable bonds is 4. The van der Waals surface area contributed by atoms with Gasteiger partial charge in [-0.1, -0.05) is 5.16 Å². The van der Waals surface area contributed by atoms with Crippen LogP contribution >= 0.6 is 0 Å². The van der Waals surface area contributed by atoms with Crippen molar-refractivity contribution in [3.63, 3.8) is 0 Å². The van der Waals surface area contributed by atoms with E-state index in [0.29, 0.717) is 6.42 Å². The highest BCUT2D eigenvalue weighted by Gasteiger charge is 2.47. The molecule has 1 aromatic heterocycles. The predicted octanol–water partition coefficient (Wildman–Crippen LogP) is 2.93. The van der Waals surface area contributed by atoms with Crippen molar-refractivity contribution in [2.24, 2.45) is 5.41 Å². The molecule has 1 aromatic carbocycles. The van der Waals surface area contributed by atoms with Gasteiger partial charge in [0.05, 0.1) is 12.8 Å². The smallest absolute Gasteiger partial charge is 0.227 e. The van der Waals surface area contributed by atoms with Crippen LogP contribution in [0.15, 0.2) is 28.8 Å². The first-order valence-electron chi connectivity index (χ1n) is 9.08. The molecule has 1 amide bonds. The molecular formula is C20H25N3O3. The lowest BCUT2D eigenvalue weighted by Gasteiger charge is -2.24. The summed E-state index contributed by atoms with van der Waals surface area (Å²) in [5.74, 6) is 1.92. The second kappa shape index (κ2) is 6.43. The zero-order valence-electron chi connectivity index (χ0n) is 15.6. The number of nitrogens with zero attached hydrogens (tertiary/aromatic N) is 3. The van der Waals surface area contributed by atoms with Gasteiger partial charge in [0.2, 0.25) is 5.91 Å². The Kier molecular flexibility index (Phi) is 4.23. The van der Waals surface area contributed by atoms with E-state index in [2.05, 4.69) is 10.1 Å². The lowest BCUT2D eigenvalue weighted by Crippen LogP contribution is -2.31. The Labute approximate surface area is 153 Å². The summed E-state index contributed by atoms with van der Waals surface area (Å²) in [7, 11) is 1.65. The van der Waals surface area contributed by atoms with Crippen molar-refractivity contribution in [2.75, 3.05) is 31.6 Å². The molecule has 1 spiro atoms. The van der Waals surface area contributed by atoms with Crippen molar-refractivity contribution in [2.45, 2.75) is 33.2 Å². The van der Waals surface area contributed by atoms with Crippen LogP contribution in [0.4, 0.5) is 5.69 Å². The van der Waals surface area contributed by atoms with Crippen molar-refractivity contribution in [3.05, 3.63) is 41.3 Å². The quantitative estimate of drug-likeness (QED) is 0.844. The summed E-state index contributed by atoms with van der Waals surface area (Å²) in [5, 5.41) is 4.05. The Bertz CT molecular complexity index is 795. The molecule has 6 nitrogen and oxygen atoms in total. The van der Waals surface area contributed by atoms with Gasteiger partial charge >= 0.3 is 0 Å². The minimum Gasteiger partial charge on any atom is -0.497 e. The summed E-state index contributed by atoms with van der Waals surface area (Å²) in [6.07, 6.45) is 1.67. The first kappa shape index (κ1) is 17.1. The molecule has 0 N–H and O–H groups in total. The van der Waals surface area contributed by atoms with Crippen LogP contribution in [0.25, 0.3) is 0 Å². The molecule has 1 atom stereocenters. The maximum absolute atomic E-state index is 12.7. The highest BCUT2D eigenvalue weighted by molar-refractivity contribution is 5.96. The van der Waals surface area contributed by atoms with Crippen molar-refractivity contribution >= 4 is 11.6 Å². The summed E-state index contributed by atoms with van der Waals surface area (Å²) < 4.78 is 10.5. The van der Waals surface area contributed by atoms with E-state index in [9.17, 15) is 4.79 Å². The lowest BCUT2D eigenvalue weighted by atomic mass is 9.86. The largest absolute Gasteiger partial charge is 0.497 e. The molecule has 0 radical (unpaired) electrons. The SMILES string of the molecule is COc1ccc(N2C[C@]3(CCN(Cc4c(C)noc4C)C3)CC2=O)cc1. The molecule has 0 unspecified atom stereocenters. The molecule has 3 heterocycles. The zero-order valence-corrected chi connectivity index (χ0v) is 15.6. The van der Waals surface area contributed by atoms with Gasteiger partial charge in [-0.15, -0.1) is 0 Å². The minimum atomic E-state index is 0.0516. The molecule has 0 saturated carbocycles. The van der Waals surface area contributed by atoms with Crippen LogP contribution in [-0.4, -0.2) is 42.7 Å². The number of hydrogen-bond acceptors (Lipinski definition) is 5. The Balaban J connectivity index is 1.46. The summed E-state index contributed by atoms with van der Waals surface area (Å²) in [6, 6.07) is 7.75. The highest BCUT2D eigenvalue weighted by Crippen LogP contribution is 2.42. The van der Waals surface area contributed by atoms with E-state index in [0.717, 1.165) is 55.5 Å². The fourth-order valence-corrected chi connectivity index (χ4v) is 4.28. The van der Waals surface area contributed by atoms with E-state index in [1.165, 1.54) is 5.56 Å². The summed E-state index contributed by atoms with van der Waals surface area (Å²) >= 11 is 0. The third-order valence-corrected chi connectivity index (χ3v) is 5.79. The van der Waals surface area contributed by atoms with Gasteiger partial charge in [0, 0.05) is 42.7 Å². The van der Waals surface area contributed by atoms with Crippen molar-refractivity contribution in [1.29, 1.82) is 0 Å². The molecule has 2 saturated heterocycles. The average Bonchev–Trinajstić information content (AvgIpc) is 3.29. The van der Waals surface area contributed by atoms with Crippen LogP contribution in [0.1, 0.15) is 29.9 Å². The number of carbonyl (C=O) groups excluding carboxylic acids is 1. The van der Waals surface area contributed by atoms with E-state index < -0.39 is 0 Å². The van der Waals surface area contributed by atoms with E-state index in [4.69, 9.17) is 9.26 Å². The van der Waals surface area contributed by atoms with Gasteiger partial charge in [-0.3, -0.25) is 9.69 Å². The molecule has 2 aromatic rings. The van der Waals surface area contributed by atoms with E-state index >= 15 is 0 Å². The van der Waals surface area contributed by atoms with Crippen molar-refractivity contribution < 1.29 is 14.1 Å². The van der Waals surface area contributed by atoms with Gasteiger partial charge in [-0.2, -0.15) is 0 Å². The molecule has 0 aliphatic carbocycles. The Morgan fingerprint density at radius 2 is 2.00 bits per heavy atom. The summed E-state index contributed by atoms with van der Waals surface area (Å²) in [5.41, 5.74) is 3.15. The molecule has 4 rings (SSSR count). The number of ether oxygens (including phenoxy) is 1. The molecule has 2 aliphatic heterocycles. The normalized spacial score (nSPS) is 23.3. The van der Waals surface area contributed by atoms with E-state index in [-0.39, 0.29) is 11.3 Å². The van der Waals surface area contributed by atoms with Crippen molar-refractivity contribution in [3.8, 4) is 5.75 Å². The Morgan fingerprint density at radius 3 is 2.65 bits per heavy atom. The zero-order chi connectivity index (χ0) is 18.3. The number of benzene rings is 1. The molecular weight excluding hydrogens is 330 g/mol. The summed E-state index contributed by atoms with van der Waals surface area (Å²) in [4.78, 5) is 17.0. The van der Waals surface area contributed by atoms with Crippen LogP contribution in [-0.2, 0) is 11.3 Å². The Hall–Kier alpha value is -2.34. The standard InChI is InChI=1S/C20H25N3O3/c1-14-18(15(2)26-21-14)11-22-9-8-20(12-22)10-19(24)23(13-20)16-4-6-17(25-3)7-5-16/h4-7H,8-13H2,1-3H3/t20-/m1/s1. The molecule has 138 valence electrons. The predicted molar refractivity (Wildman–Crippen MR) is 98.3 cm³/mol. The minimum absolute atomic E-state index is 0.0516. The van der Waals surface area contributed by atoms with E-state index in [1.807, 2.05) is 43.0 Å². The molecule has 2 aliphatic rings. The number of anilines is 1. The molecule has 6 heteroatoms. The molecule has 2 fully saturated rings. The van der Waals surface area contributed by atoms with Gasteiger partial charge in [-0.25, -0.2) is 0 Å². The van der Waals surface area contributed by atoms with Crippen molar-refractivity contribution in [1.82, 2.24) is 10.1 Å². The maximum atomic E-state index is 12.7. The van der Waals surface area contributed by atoms with Crippen LogP contribution in [0.5, 0.6) is 5.75 Å². The topological polar surface area (TPSA) is 58.8 Å². The van der Waals surface area contributed by atoms with Gasteiger partial charge in [0.15, 0.2) is 0 Å². The monoisotopic (exact) mass is 355 g/mol. The van der Waals surface area contributed by atoms with Crippen LogP contribution in [0, 0.1) is 19.3 Å². The number of amides is 1. The fraction of sp³-hybridized carbons (Fsp3) is 0.500. The number of carbonyl (C=O) groups is 1. The first-order chi connectivity index (χ1) is 12.5. The summed E-state index contributed by atoms with van der Waals surface area (Å²) in [6.45, 7) is 7.53. The molecule has 0 bridgehead atoms. The third-order valence-electron chi connectivity index (χ3n) is 5.79. The van der Waals surface area contributed by atoms with Gasteiger partial charge < -0.3 is 14.2 Å². The van der Waals surface area contributed by atoms with Crippen LogP contribution in [0.2, 0.25) is 0 Å². The number of aromatic nitrogens is 1. The molecule has 26 heavy (non-hydrogen) atoms.